The van der Waals surface area contributed by atoms with Crippen LogP contribution in [0.5, 0.6) is 0 Å². The molecule has 0 radical (unpaired) electrons. The number of unbranched alkanes of at least 4 members (excludes halogenated alkanes) is 16. The van der Waals surface area contributed by atoms with Crippen molar-refractivity contribution in [3.05, 3.63) is 0 Å². The van der Waals surface area contributed by atoms with Gasteiger partial charge in [-0.3, -0.25) is 0 Å². The molecule has 0 unspecified atom stereocenters. The van der Waals surface area contributed by atoms with Gasteiger partial charge in [-0.05, 0) is 12.8 Å². The highest BCUT2D eigenvalue weighted by Gasteiger charge is 1.98. The first-order valence-corrected chi connectivity index (χ1v) is 22.8. The Morgan fingerprint density at radius 2 is 0.268 bits per heavy atom. The van der Waals surface area contributed by atoms with Crippen LogP contribution in [-0.2, 0) is 56.8 Å². The van der Waals surface area contributed by atoms with E-state index < -0.39 is 0 Å². The van der Waals surface area contributed by atoms with E-state index in [0.29, 0.717) is 145 Å². The van der Waals surface area contributed by atoms with Crippen LogP contribution in [0.3, 0.4) is 0 Å². The highest BCUT2D eigenvalue weighted by molar-refractivity contribution is 4.48. The molecule has 0 aromatic rings. The van der Waals surface area contributed by atoms with Crippen LogP contribution in [0.1, 0.15) is 129 Å². The van der Waals surface area contributed by atoms with Crippen LogP contribution in [0, 0.1) is 0 Å². The highest BCUT2D eigenvalue weighted by atomic mass is 16.6. The Kier molecular flexibility index (Phi) is 54.1. The van der Waals surface area contributed by atoms with E-state index in [2.05, 4.69) is 13.8 Å². The molecule has 0 aliphatic heterocycles. The molecule has 0 saturated heterocycles. The zero-order chi connectivity index (χ0) is 40.2. The molecule has 0 rings (SSSR count). The van der Waals surface area contributed by atoms with E-state index >= 15 is 0 Å². The number of rotatable bonds is 53. The summed E-state index contributed by atoms with van der Waals surface area (Å²) in [5.74, 6) is 0. The van der Waals surface area contributed by atoms with Crippen molar-refractivity contribution in [2.75, 3.05) is 159 Å². The summed E-state index contributed by atoms with van der Waals surface area (Å²) in [5.41, 5.74) is 0. The summed E-state index contributed by atoms with van der Waals surface area (Å²) in [6.07, 6.45) is 24.0. The fourth-order valence-electron chi connectivity index (χ4n) is 5.55. The second-order valence-corrected chi connectivity index (χ2v) is 14.0. The van der Waals surface area contributed by atoms with Crippen molar-refractivity contribution in [3.8, 4) is 0 Å². The molecule has 12 heteroatoms. The van der Waals surface area contributed by atoms with Crippen molar-refractivity contribution in [1.29, 1.82) is 0 Å². The number of hydrogen-bond acceptors (Lipinski definition) is 12. The normalized spacial score (nSPS) is 11.7. The molecule has 0 N–H and O–H groups in total. The van der Waals surface area contributed by atoms with Gasteiger partial charge in [0.05, 0.1) is 145 Å². The van der Waals surface area contributed by atoms with Crippen molar-refractivity contribution in [1.82, 2.24) is 0 Å². The van der Waals surface area contributed by atoms with Crippen LogP contribution >= 0.6 is 0 Å². The van der Waals surface area contributed by atoms with E-state index in [0.717, 1.165) is 26.1 Å². The van der Waals surface area contributed by atoms with Gasteiger partial charge in [0.15, 0.2) is 0 Å². The second-order valence-electron chi connectivity index (χ2n) is 14.0. The van der Waals surface area contributed by atoms with E-state index in [4.69, 9.17) is 56.8 Å². The molecule has 338 valence electrons. The van der Waals surface area contributed by atoms with Crippen molar-refractivity contribution >= 4 is 0 Å². The van der Waals surface area contributed by atoms with Gasteiger partial charge in [0.1, 0.15) is 0 Å². The van der Waals surface area contributed by atoms with Crippen LogP contribution in [0.15, 0.2) is 0 Å². The molecule has 0 spiro atoms. The molecule has 0 saturated carbocycles. The minimum absolute atomic E-state index is 0.522. The fraction of sp³-hybridized carbons (Fsp3) is 1.00. The van der Waals surface area contributed by atoms with Crippen molar-refractivity contribution in [2.24, 2.45) is 0 Å². The largest absolute Gasteiger partial charge is 0.379 e. The summed E-state index contributed by atoms with van der Waals surface area (Å²) in [4.78, 5) is 0. The molecule has 0 amide bonds. The van der Waals surface area contributed by atoms with Crippen molar-refractivity contribution in [2.45, 2.75) is 129 Å². The van der Waals surface area contributed by atoms with E-state index in [1.807, 2.05) is 0 Å². The maximum atomic E-state index is 5.66. The monoisotopic (exact) mass is 811 g/mol. The van der Waals surface area contributed by atoms with Gasteiger partial charge in [0.2, 0.25) is 0 Å². The third kappa shape index (κ3) is 53.5. The Morgan fingerprint density at radius 3 is 0.429 bits per heavy atom. The predicted octanol–water partition coefficient (Wildman–Crippen LogP) is 8.25. The molecule has 0 bridgehead atoms. The summed E-state index contributed by atoms with van der Waals surface area (Å²) < 4.78 is 66.6. The van der Waals surface area contributed by atoms with Crippen LogP contribution in [0.2, 0.25) is 0 Å². The smallest absolute Gasteiger partial charge is 0.0701 e. The van der Waals surface area contributed by atoms with E-state index in [-0.39, 0.29) is 0 Å². The average molecular weight is 811 g/mol. The van der Waals surface area contributed by atoms with Crippen LogP contribution in [-0.4, -0.2) is 159 Å². The Bertz CT molecular complexity index is 610. The first-order valence-electron chi connectivity index (χ1n) is 22.8. The summed E-state index contributed by atoms with van der Waals surface area (Å²) in [6, 6.07) is 0. The number of ether oxygens (including phenoxy) is 12. The van der Waals surface area contributed by atoms with Gasteiger partial charge in [0, 0.05) is 13.2 Å². The minimum atomic E-state index is 0.522. The summed E-state index contributed by atoms with van der Waals surface area (Å²) >= 11 is 0. The quantitative estimate of drug-likeness (QED) is 0.0552. The lowest BCUT2D eigenvalue weighted by atomic mass is 10.1. The molecule has 12 nitrogen and oxygen atoms in total. The third-order valence-corrected chi connectivity index (χ3v) is 8.88. The van der Waals surface area contributed by atoms with Gasteiger partial charge in [-0.2, -0.15) is 0 Å². The molecule has 0 aliphatic rings. The molecule has 56 heavy (non-hydrogen) atoms. The zero-order valence-electron chi connectivity index (χ0n) is 36.6. The molecule has 0 atom stereocenters. The van der Waals surface area contributed by atoms with Crippen LogP contribution in [0.4, 0.5) is 0 Å². The first kappa shape index (κ1) is 55.5. The average Bonchev–Trinajstić information content (AvgIpc) is 3.21. The van der Waals surface area contributed by atoms with Gasteiger partial charge in [0.25, 0.3) is 0 Å². The third-order valence-electron chi connectivity index (χ3n) is 8.88. The molecule has 0 aromatic carbocycles. The number of hydrogen-bond donors (Lipinski definition) is 0. The molecule has 0 aromatic heterocycles. The molecular formula is C44H90O12. The van der Waals surface area contributed by atoms with Crippen molar-refractivity contribution in [3.63, 3.8) is 0 Å². The lowest BCUT2D eigenvalue weighted by Gasteiger charge is -2.09. The van der Waals surface area contributed by atoms with E-state index in [9.17, 15) is 0 Å². The first-order chi connectivity index (χ1) is 27.9. The Morgan fingerprint density at radius 1 is 0.143 bits per heavy atom. The minimum Gasteiger partial charge on any atom is -0.379 e. The van der Waals surface area contributed by atoms with E-state index in [1.54, 1.807) is 0 Å². The van der Waals surface area contributed by atoms with Gasteiger partial charge >= 0.3 is 0 Å². The van der Waals surface area contributed by atoms with Crippen molar-refractivity contribution < 1.29 is 56.8 Å². The van der Waals surface area contributed by atoms with Crippen LogP contribution in [0.25, 0.3) is 0 Å². The Balaban J connectivity index is 3.05. The molecule has 0 fully saturated rings. The molecule has 0 heterocycles. The molecular weight excluding hydrogens is 720 g/mol. The summed E-state index contributed by atoms with van der Waals surface area (Å²) in [6.45, 7) is 18.4. The van der Waals surface area contributed by atoms with E-state index in [1.165, 1.54) is 103 Å². The summed E-state index contributed by atoms with van der Waals surface area (Å²) in [7, 11) is 0. The lowest BCUT2D eigenvalue weighted by Crippen LogP contribution is -2.15. The predicted molar refractivity (Wildman–Crippen MR) is 224 cm³/mol. The topological polar surface area (TPSA) is 111 Å². The van der Waals surface area contributed by atoms with Gasteiger partial charge in [-0.25, -0.2) is 0 Å². The fourth-order valence-corrected chi connectivity index (χ4v) is 5.55. The Hall–Kier alpha value is -0.480. The SMILES string of the molecule is CCCCCCCCCCCCOCCOCCOCCOCCOCCOCCOCCOCCOCCOCCOCCOCCCCCCCCCC. The lowest BCUT2D eigenvalue weighted by molar-refractivity contribution is -0.0284. The van der Waals surface area contributed by atoms with Gasteiger partial charge in [-0.1, -0.05) is 117 Å². The standard InChI is InChI=1S/C44H90O12/c1-3-5-7-9-11-13-14-16-18-20-22-46-24-26-48-28-30-50-32-34-52-36-38-54-40-42-56-44-43-55-41-39-53-37-35-51-33-31-49-29-27-47-25-23-45-21-19-17-15-12-10-8-6-4-2/h3-44H2,1-2H3. The summed E-state index contributed by atoms with van der Waals surface area (Å²) in [5, 5.41) is 0. The van der Waals surface area contributed by atoms with Crippen LogP contribution < -0.4 is 0 Å². The zero-order valence-corrected chi connectivity index (χ0v) is 36.6. The maximum absolute atomic E-state index is 5.66. The highest BCUT2D eigenvalue weighted by Crippen LogP contribution is 2.11. The second kappa shape index (κ2) is 54.5. The maximum Gasteiger partial charge on any atom is 0.0701 e. The van der Waals surface area contributed by atoms with Gasteiger partial charge in [-0.15, -0.1) is 0 Å². The molecule has 0 aliphatic carbocycles. The van der Waals surface area contributed by atoms with Gasteiger partial charge < -0.3 is 56.8 Å². The Labute approximate surface area is 344 Å².